The van der Waals surface area contributed by atoms with Crippen LogP contribution in [-0.4, -0.2) is 35.2 Å². The molecule has 7 nitrogen and oxygen atoms in total. The maximum Gasteiger partial charge on any atom is 0.293 e. The van der Waals surface area contributed by atoms with Crippen LogP contribution >= 0.6 is 35.0 Å². The number of thioether (sulfide) groups is 1. The second kappa shape index (κ2) is 12.4. The standard InChI is InChI=1S/C28H24Cl2N2O5S/c1-3-36-23-13-19(12-22(30)26(23)37-16-25(33)31-21-10-4-17(2)5-11-21)14-24-27(34)32(28(35)38-24)15-18-6-8-20(29)9-7-18/h4-14H,3,15-16H2,1-2H3,(H,31,33)/b24-14+. The molecular weight excluding hydrogens is 547 g/mol. The minimum absolute atomic E-state index is 0.140. The van der Waals surface area contributed by atoms with Crippen molar-refractivity contribution >= 4 is 63.8 Å². The molecule has 0 aromatic heterocycles. The zero-order chi connectivity index (χ0) is 27.2. The molecular formula is C28H24Cl2N2O5S. The Morgan fingerprint density at radius 1 is 1.03 bits per heavy atom. The van der Waals surface area contributed by atoms with Gasteiger partial charge in [-0.15, -0.1) is 0 Å². The lowest BCUT2D eigenvalue weighted by Gasteiger charge is -2.15. The Kier molecular flexibility index (Phi) is 8.99. The number of amides is 3. The lowest BCUT2D eigenvalue weighted by Crippen LogP contribution is -2.27. The van der Waals surface area contributed by atoms with E-state index in [1.165, 1.54) is 4.90 Å². The zero-order valence-corrected chi connectivity index (χ0v) is 23.0. The lowest BCUT2D eigenvalue weighted by molar-refractivity contribution is -0.123. The largest absolute Gasteiger partial charge is 0.490 e. The van der Waals surface area contributed by atoms with Crippen LogP contribution in [0.4, 0.5) is 10.5 Å². The van der Waals surface area contributed by atoms with Gasteiger partial charge < -0.3 is 14.8 Å². The summed E-state index contributed by atoms with van der Waals surface area (Å²) in [6.07, 6.45) is 1.58. The molecule has 0 saturated carbocycles. The van der Waals surface area contributed by atoms with Gasteiger partial charge in [0, 0.05) is 10.7 Å². The van der Waals surface area contributed by atoms with Gasteiger partial charge in [-0.1, -0.05) is 53.0 Å². The van der Waals surface area contributed by atoms with Gasteiger partial charge in [-0.2, -0.15) is 0 Å². The quantitative estimate of drug-likeness (QED) is 0.280. The van der Waals surface area contributed by atoms with Crippen LogP contribution in [0.1, 0.15) is 23.6 Å². The molecule has 0 radical (unpaired) electrons. The second-order valence-electron chi connectivity index (χ2n) is 8.36. The number of ether oxygens (including phenoxy) is 2. The van der Waals surface area contributed by atoms with Gasteiger partial charge in [0.25, 0.3) is 17.1 Å². The van der Waals surface area contributed by atoms with Crippen molar-refractivity contribution in [3.63, 3.8) is 0 Å². The highest BCUT2D eigenvalue weighted by Gasteiger charge is 2.35. The first kappa shape index (κ1) is 27.6. The van der Waals surface area contributed by atoms with Crippen LogP contribution in [0.15, 0.2) is 65.6 Å². The predicted molar refractivity (Wildman–Crippen MR) is 151 cm³/mol. The SMILES string of the molecule is CCOc1cc(/C=C2/SC(=O)N(Cc3ccc(Cl)cc3)C2=O)cc(Cl)c1OCC(=O)Nc1ccc(C)cc1. The van der Waals surface area contributed by atoms with E-state index in [-0.39, 0.29) is 40.0 Å². The van der Waals surface area contributed by atoms with Crippen molar-refractivity contribution in [3.05, 3.63) is 92.3 Å². The van der Waals surface area contributed by atoms with Crippen molar-refractivity contribution in [1.82, 2.24) is 4.90 Å². The number of hydrogen-bond acceptors (Lipinski definition) is 6. The van der Waals surface area contributed by atoms with Crippen LogP contribution < -0.4 is 14.8 Å². The topological polar surface area (TPSA) is 84.9 Å². The third kappa shape index (κ3) is 6.89. The Morgan fingerprint density at radius 3 is 2.42 bits per heavy atom. The van der Waals surface area contributed by atoms with E-state index >= 15 is 0 Å². The van der Waals surface area contributed by atoms with E-state index in [1.807, 2.05) is 19.1 Å². The fourth-order valence-electron chi connectivity index (χ4n) is 3.61. The second-order valence-corrected chi connectivity index (χ2v) is 10.2. The monoisotopic (exact) mass is 570 g/mol. The Morgan fingerprint density at radius 2 is 1.74 bits per heavy atom. The zero-order valence-electron chi connectivity index (χ0n) is 20.6. The number of nitrogens with zero attached hydrogens (tertiary/aromatic N) is 1. The van der Waals surface area contributed by atoms with E-state index in [0.29, 0.717) is 28.6 Å². The van der Waals surface area contributed by atoms with Gasteiger partial charge in [0.1, 0.15) is 0 Å². The highest BCUT2D eigenvalue weighted by atomic mass is 35.5. The summed E-state index contributed by atoms with van der Waals surface area (Å²) in [6, 6.07) is 17.6. The van der Waals surface area contributed by atoms with Crippen LogP contribution in [0, 0.1) is 6.92 Å². The summed E-state index contributed by atoms with van der Waals surface area (Å²) in [5.41, 5.74) is 3.07. The van der Waals surface area contributed by atoms with Crippen LogP contribution in [0.25, 0.3) is 6.08 Å². The molecule has 3 aromatic carbocycles. The summed E-state index contributed by atoms with van der Waals surface area (Å²) in [5.74, 6) is -0.238. The number of halogens is 2. The van der Waals surface area contributed by atoms with E-state index < -0.39 is 5.91 Å². The number of aryl methyl sites for hydroxylation is 1. The fraction of sp³-hybridized carbons (Fsp3) is 0.179. The van der Waals surface area contributed by atoms with Crippen molar-refractivity contribution in [1.29, 1.82) is 0 Å². The van der Waals surface area contributed by atoms with E-state index in [1.54, 1.807) is 61.5 Å². The van der Waals surface area contributed by atoms with Crippen LogP contribution in [-0.2, 0) is 16.1 Å². The number of carbonyl (C=O) groups excluding carboxylic acids is 3. The molecule has 1 heterocycles. The van der Waals surface area contributed by atoms with Gasteiger partial charge in [-0.25, -0.2) is 0 Å². The summed E-state index contributed by atoms with van der Waals surface area (Å²) >= 11 is 13.3. The minimum Gasteiger partial charge on any atom is -0.490 e. The number of anilines is 1. The molecule has 10 heteroatoms. The summed E-state index contributed by atoms with van der Waals surface area (Å²) in [6.45, 7) is 3.94. The van der Waals surface area contributed by atoms with Crippen molar-refractivity contribution in [2.24, 2.45) is 0 Å². The van der Waals surface area contributed by atoms with E-state index in [0.717, 1.165) is 22.9 Å². The molecule has 1 aliphatic heterocycles. The van der Waals surface area contributed by atoms with Crippen LogP contribution in [0.2, 0.25) is 10.0 Å². The molecule has 1 N–H and O–H groups in total. The van der Waals surface area contributed by atoms with Gasteiger partial charge in [-0.3, -0.25) is 19.3 Å². The van der Waals surface area contributed by atoms with Crippen molar-refractivity contribution < 1.29 is 23.9 Å². The molecule has 1 saturated heterocycles. The summed E-state index contributed by atoms with van der Waals surface area (Å²) in [4.78, 5) is 39.3. The maximum absolute atomic E-state index is 13.0. The van der Waals surface area contributed by atoms with Gasteiger partial charge >= 0.3 is 0 Å². The lowest BCUT2D eigenvalue weighted by atomic mass is 10.1. The smallest absolute Gasteiger partial charge is 0.293 e. The van der Waals surface area contributed by atoms with E-state index in [9.17, 15) is 14.4 Å². The summed E-state index contributed by atoms with van der Waals surface area (Å²) < 4.78 is 11.4. The molecule has 3 amide bonds. The third-order valence-corrected chi connectivity index (χ3v) is 6.88. The van der Waals surface area contributed by atoms with Gasteiger partial charge in [-0.05, 0) is 79.2 Å². The molecule has 0 atom stereocenters. The minimum atomic E-state index is -0.405. The Bertz CT molecular complexity index is 1390. The molecule has 3 aromatic rings. The number of rotatable bonds is 9. The molecule has 0 unspecified atom stereocenters. The van der Waals surface area contributed by atoms with Crippen LogP contribution in [0.5, 0.6) is 11.5 Å². The predicted octanol–water partition coefficient (Wildman–Crippen LogP) is 6.95. The van der Waals surface area contributed by atoms with Crippen LogP contribution in [0.3, 0.4) is 0 Å². The van der Waals surface area contributed by atoms with Gasteiger partial charge in [0.2, 0.25) is 0 Å². The molecule has 196 valence electrons. The molecule has 38 heavy (non-hydrogen) atoms. The molecule has 1 fully saturated rings. The van der Waals surface area contributed by atoms with Crippen molar-refractivity contribution in [2.75, 3.05) is 18.5 Å². The average Bonchev–Trinajstić information content (AvgIpc) is 3.13. The van der Waals surface area contributed by atoms with Gasteiger partial charge in [0.05, 0.1) is 23.1 Å². The number of nitrogens with one attached hydrogen (secondary N) is 1. The van der Waals surface area contributed by atoms with Crippen molar-refractivity contribution in [3.8, 4) is 11.5 Å². The molecule has 0 aliphatic carbocycles. The first-order chi connectivity index (χ1) is 18.2. The normalized spacial score (nSPS) is 14.2. The maximum atomic E-state index is 13.0. The molecule has 4 rings (SSSR count). The third-order valence-electron chi connectivity index (χ3n) is 5.44. The number of hydrogen-bond donors (Lipinski definition) is 1. The Balaban J connectivity index is 1.48. The molecule has 0 bridgehead atoms. The highest BCUT2D eigenvalue weighted by Crippen LogP contribution is 2.39. The molecule has 0 spiro atoms. The van der Waals surface area contributed by atoms with E-state index in [4.69, 9.17) is 32.7 Å². The average molecular weight is 571 g/mol. The summed E-state index contributed by atoms with van der Waals surface area (Å²) in [7, 11) is 0. The van der Waals surface area contributed by atoms with Crippen molar-refractivity contribution in [2.45, 2.75) is 20.4 Å². The van der Waals surface area contributed by atoms with E-state index in [2.05, 4.69) is 5.32 Å². The highest BCUT2D eigenvalue weighted by molar-refractivity contribution is 8.18. The fourth-order valence-corrected chi connectivity index (χ4v) is 4.84. The first-order valence-electron chi connectivity index (χ1n) is 11.7. The number of carbonyl (C=O) groups is 3. The Labute approximate surface area is 234 Å². The summed E-state index contributed by atoms with van der Waals surface area (Å²) in [5, 5.41) is 3.17. The number of imide groups is 1. The first-order valence-corrected chi connectivity index (χ1v) is 13.3. The van der Waals surface area contributed by atoms with Gasteiger partial charge in [0.15, 0.2) is 18.1 Å². The number of benzene rings is 3. The molecule has 1 aliphatic rings. The Hall–Kier alpha value is -3.46.